The Bertz CT molecular complexity index is 483. The monoisotopic (exact) mass is 247 g/mol. The van der Waals surface area contributed by atoms with Crippen molar-refractivity contribution in [3.05, 3.63) is 23.8 Å². The molecular formula is C13H13NO4. The number of carbonyl (C=O) groups is 1. The minimum atomic E-state index is -0.449. The third-order valence-electron chi connectivity index (χ3n) is 1.67. The fourth-order valence-electron chi connectivity index (χ4n) is 0.919. The van der Waals surface area contributed by atoms with Gasteiger partial charge in [-0.05, 0) is 19.1 Å². The van der Waals surface area contributed by atoms with Gasteiger partial charge < -0.3 is 14.9 Å². The van der Waals surface area contributed by atoms with Crippen molar-refractivity contribution < 1.29 is 19.7 Å². The highest BCUT2D eigenvalue weighted by Crippen LogP contribution is 2.20. The summed E-state index contributed by atoms with van der Waals surface area (Å²) >= 11 is 0. The van der Waals surface area contributed by atoms with Crippen molar-refractivity contribution >= 4 is 5.97 Å². The van der Waals surface area contributed by atoms with E-state index in [9.17, 15) is 4.79 Å². The Labute approximate surface area is 105 Å². The molecule has 0 radical (unpaired) electrons. The van der Waals surface area contributed by atoms with Crippen LogP contribution in [0.25, 0.3) is 0 Å². The van der Waals surface area contributed by atoms with E-state index >= 15 is 0 Å². The highest BCUT2D eigenvalue weighted by Gasteiger charge is 1.97. The molecule has 0 aliphatic carbocycles. The molecule has 0 aliphatic heterocycles. The quantitative estimate of drug-likeness (QED) is 0.611. The van der Waals surface area contributed by atoms with E-state index in [1.165, 1.54) is 18.2 Å². The molecule has 1 aromatic carbocycles. The lowest BCUT2D eigenvalue weighted by atomic mass is 10.2. The summed E-state index contributed by atoms with van der Waals surface area (Å²) in [6.07, 6.45) is 4.86. The average Bonchev–Trinajstić information content (AvgIpc) is 2.30. The molecule has 0 aliphatic rings. The number of hydrogen-bond acceptors (Lipinski definition) is 5. The van der Waals surface area contributed by atoms with Crippen LogP contribution in [-0.4, -0.2) is 22.8 Å². The Hall–Kier alpha value is -2.66. The topological polar surface area (TPSA) is 90.5 Å². The van der Waals surface area contributed by atoms with E-state index in [-0.39, 0.29) is 17.9 Å². The number of nitriles is 1. The first kappa shape index (κ1) is 15.3. The van der Waals surface area contributed by atoms with Crippen LogP contribution in [0.15, 0.2) is 18.2 Å². The van der Waals surface area contributed by atoms with Crippen LogP contribution in [0.1, 0.15) is 18.9 Å². The number of nitrogens with zero attached hydrogens (tertiary/aromatic N) is 1. The molecule has 1 rings (SSSR count). The fraction of sp³-hybridized carbons (Fsp3) is 0.231. The number of hydrogen-bond donors (Lipinski definition) is 2. The van der Waals surface area contributed by atoms with Gasteiger partial charge in [-0.25, -0.2) is 0 Å². The molecule has 0 heterocycles. The van der Waals surface area contributed by atoms with Gasteiger partial charge in [0.15, 0.2) is 0 Å². The molecule has 0 atom stereocenters. The molecule has 0 amide bonds. The van der Waals surface area contributed by atoms with Crippen molar-refractivity contribution in [1.29, 1.82) is 5.26 Å². The van der Waals surface area contributed by atoms with Crippen molar-refractivity contribution in [2.75, 3.05) is 6.61 Å². The number of rotatable bonds is 2. The maximum atomic E-state index is 10.2. The molecule has 0 bridgehead atoms. The maximum Gasteiger partial charge on any atom is 0.320 e. The molecule has 0 unspecified atom stereocenters. The first-order valence-electron chi connectivity index (χ1n) is 5.06. The van der Waals surface area contributed by atoms with Gasteiger partial charge >= 0.3 is 5.97 Å². The summed E-state index contributed by atoms with van der Waals surface area (Å²) < 4.78 is 4.42. The second-order valence-corrected chi connectivity index (χ2v) is 2.99. The molecule has 1 aromatic rings. The molecule has 2 N–H and O–H groups in total. The van der Waals surface area contributed by atoms with Gasteiger partial charge in [-0.15, -0.1) is 6.42 Å². The molecule has 94 valence electrons. The Morgan fingerprint density at radius 1 is 1.50 bits per heavy atom. The van der Waals surface area contributed by atoms with Crippen LogP contribution in [-0.2, 0) is 9.53 Å². The summed E-state index contributed by atoms with van der Waals surface area (Å²) in [6.45, 7) is 2.05. The number of phenols is 2. The summed E-state index contributed by atoms with van der Waals surface area (Å²) in [5.41, 5.74) is 0.387. The fourth-order valence-corrected chi connectivity index (χ4v) is 0.919. The smallest absolute Gasteiger partial charge is 0.320 e. The lowest BCUT2D eigenvalue weighted by Crippen LogP contribution is -2.01. The second kappa shape index (κ2) is 8.49. The van der Waals surface area contributed by atoms with Crippen molar-refractivity contribution in [2.45, 2.75) is 13.3 Å². The van der Waals surface area contributed by atoms with Gasteiger partial charge in [-0.1, -0.05) is 5.92 Å². The summed E-state index contributed by atoms with van der Waals surface area (Å²) in [7, 11) is 0. The van der Waals surface area contributed by atoms with Crippen LogP contribution >= 0.6 is 0 Å². The van der Waals surface area contributed by atoms with Gasteiger partial charge in [0.2, 0.25) is 0 Å². The van der Waals surface area contributed by atoms with Crippen LogP contribution in [0.5, 0.6) is 11.5 Å². The average molecular weight is 247 g/mol. The van der Waals surface area contributed by atoms with Crippen molar-refractivity contribution in [3.8, 4) is 29.9 Å². The first-order valence-corrected chi connectivity index (χ1v) is 5.06. The Balaban J connectivity index is 0.000000331. The third-order valence-corrected chi connectivity index (χ3v) is 1.67. The van der Waals surface area contributed by atoms with E-state index in [0.29, 0.717) is 12.2 Å². The predicted octanol–water partition coefficient (Wildman–Crippen LogP) is 1.54. The van der Waals surface area contributed by atoms with Crippen LogP contribution < -0.4 is 0 Å². The van der Waals surface area contributed by atoms with Crippen LogP contribution in [0.3, 0.4) is 0 Å². The second-order valence-electron chi connectivity index (χ2n) is 2.99. The number of aromatic hydroxyl groups is 2. The zero-order chi connectivity index (χ0) is 14.0. The number of benzene rings is 1. The Kier molecular flexibility index (Phi) is 7.23. The normalized spacial score (nSPS) is 8.17. The van der Waals surface area contributed by atoms with Crippen LogP contribution in [0.2, 0.25) is 0 Å². The largest absolute Gasteiger partial charge is 0.508 e. The predicted molar refractivity (Wildman–Crippen MR) is 64.6 cm³/mol. The van der Waals surface area contributed by atoms with E-state index in [2.05, 4.69) is 10.7 Å². The summed E-state index contributed by atoms with van der Waals surface area (Å²) in [6, 6.07) is 5.78. The Morgan fingerprint density at radius 2 is 2.17 bits per heavy atom. The minimum Gasteiger partial charge on any atom is -0.508 e. The SMILES string of the molecule is C#Cc1ccc(O)cc1O.CCOC(=O)CC#N. The number of terminal acetylenes is 1. The molecule has 0 saturated carbocycles. The highest BCUT2D eigenvalue weighted by atomic mass is 16.5. The Morgan fingerprint density at radius 3 is 2.61 bits per heavy atom. The van der Waals surface area contributed by atoms with E-state index in [0.717, 1.165) is 0 Å². The van der Waals surface area contributed by atoms with Gasteiger partial charge in [0.05, 0.1) is 18.2 Å². The van der Waals surface area contributed by atoms with E-state index in [4.69, 9.17) is 21.9 Å². The zero-order valence-corrected chi connectivity index (χ0v) is 9.88. The van der Waals surface area contributed by atoms with E-state index in [1.54, 1.807) is 13.0 Å². The molecule has 0 fully saturated rings. The van der Waals surface area contributed by atoms with Gasteiger partial charge in [0.25, 0.3) is 0 Å². The lowest BCUT2D eigenvalue weighted by Gasteiger charge is -1.95. The van der Waals surface area contributed by atoms with E-state index < -0.39 is 5.97 Å². The zero-order valence-electron chi connectivity index (χ0n) is 9.88. The number of carbonyl (C=O) groups excluding carboxylic acids is 1. The molecule has 0 saturated heterocycles. The maximum absolute atomic E-state index is 10.2. The third kappa shape index (κ3) is 6.04. The summed E-state index contributed by atoms with van der Waals surface area (Å²) in [4.78, 5) is 10.2. The number of phenolic OH excluding ortho intramolecular Hbond substituents is 2. The first-order chi connectivity index (χ1) is 8.54. The summed E-state index contributed by atoms with van der Waals surface area (Å²) in [5.74, 6) is 1.76. The standard InChI is InChI=1S/C8H6O2.C5H7NO2/c1-2-6-3-4-7(9)5-8(6)10;1-2-8-5(7)3-4-6/h1,3-5,9-10H;2-3H2,1H3. The van der Waals surface area contributed by atoms with Gasteiger partial charge in [-0.2, -0.15) is 5.26 Å². The molecule has 5 nitrogen and oxygen atoms in total. The van der Waals surface area contributed by atoms with Crippen molar-refractivity contribution in [1.82, 2.24) is 0 Å². The molecular weight excluding hydrogens is 234 g/mol. The lowest BCUT2D eigenvalue weighted by molar-refractivity contribution is -0.141. The van der Waals surface area contributed by atoms with E-state index in [1.807, 2.05) is 0 Å². The minimum absolute atomic E-state index is 0.0106. The van der Waals surface area contributed by atoms with Crippen molar-refractivity contribution in [2.24, 2.45) is 0 Å². The van der Waals surface area contributed by atoms with Crippen molar-refractivity contribution in [3.63, 3.8) is 0 Å². The molecule has 18 heavy (non-hydrogen) atoms. The van der Waals surface area contributed by atoms with Crippen LogP contribution in [0.4, 0.5) is 0 Å². The number of esters is 1. The highest BCUT2D eigenvalue weighted by molar-refractivity contribution is 5.71. The number of ether oxygens (including phenoxy) is 1. The van der Waals surface area contributed by atoms with Gasteiger partial charge in [0.1, 0.15) is 17.9 Å². The van der Waals surface area contributed by atoms with Gasteiger partial charge in [-0.3, -0.25) is 4.79 Å². The molecule has 0 aromatic heterocycles. The molecule has 5 heteroatoms. The molecule has 0 spiro atoms. The van der Waals surface area contributed by atoms with Gasteiger partial charge in [0, 0.05) is 6.07 Å². The summed E-state index contributed by atoms with van der Waals surface area (Å²) in [5, 5.41) is 25.7. The van der Waals surface area contributed by atoms with Crippen LogP contribution in [0, 0.1) is 23.7 Å².